The van der Waals surface area contributed by atoms with Crippen molar-refractivity contribution in [2.24, 2.45) is 0 Å². The highest BCUT2D eigenvalue weighted by Gasteiger charge is 2.34. The fourth-order valence-electron chi connectivity index (χ4n) is 1.93. The molecule has 2 aromatic rings. The Hall–Kier alpha value is -2.30. The number of ketones is 1. The van der Waals surface area contributed by atoms with Crippen LogP contribution in [0, 0.1) is 6.92 Å². The van der Waals surface area contributed by atoms with Gasteiger partial charge in [0, 0.05) is 5.56 Å². The number of benzene rings is 2. The highest BCUT2D eigenvalue weighted by molar-refractivity contribution is 5.98. The molecule has 0 heterocycles. The van der Waals surface area contributed by atoms with Crippen LogP contribution in [0.1, 0.15) is 21.5 Å². The summed E-state index contributed by atoms with van der Waals surface area (Å²) in [6.45, 7) is 1.33. The second-order valence-corrected chi connectivity index (χ2v) is 4.52. The minimum Gasteiger partial charge on any atom is -0.485 e. The summed E-state index contributed by atoms with van der Waals surface area (Å²) >= 11 is 0. The van der Waals surface area contributed by atoms with Crippen molar-refractivity contribution in [3.05, 3.63) is 65.2 Å². The van der Waals surface area contributed by atoms with Crippen LogP contribution in [0.5, 0.6) is 5.75 Å². The van der Waals surface area contributed by atoms with E-state index in [2.05, 4.69) is 0 Å². The molecule has 0 amide bonds. The lowest BCUT2D eigenvalue weighted by Crippen LogP contribution is -2.15. The molecule has 110 valence electrons. The summed E-state index contributed by atoms with van der Waals surface area (Å²) in [6, 6.07) is 11.7. The lowest BCUT2D eigenvalue weighted by Gasteiger charge is -2.13. The Kier molecular flexibility index (Phi) is 4.31. The number of carbonyl (C=O) groups excluding carboxylic acids is 1. The van der Waals surface area contributed by atoms with Crippen molar-refractivity contribution in [2.75, 3.05) is 6.61 Å². The molecule has 0 aliphatic rings. The third-order valence-corrected chi connectivity index (χ3v) is 3.00. The molecule has 0 saturated heterocycles. The number of ether oxygens (including phenoxy) is 1. The lowest BCUT2D eigenvalue weighted by atomic mass is 10.1. The SMILES string of the molecule is Cc1ccccc1C(=O)COc1ccccc1C(F)(F)F. The molecule has 0 fully saturated rings. The third-order valence-electron chi connectivity index (χ3n) is 3.00. The molecule has 0 aliphatic heterocycles. The second-order valence-electron chi connectivity index (χ2n) is 4.52. The van der Waals surface area contributed by atoms with Crippen LogP contribution in [0.15, 0.2) is 48.5 Å². The standard InChI is InChI=1S/C16H13F3O2/c1-11-6-2-3-7-12(11)14(20)10-21-15-9-5-4-8-13(15)16(17,18)19/h2-9H,10H2,1H3. The molecule has 21 heavy (non-hydrogen) atoms. The molecule has 0 radical (unpaired) electrons. The fraction of sp³-hybridized carbons (Fsp3) is 0.188. The summed E-state index contributed by atoms with van der Waals surface area (Å²) in [7, 11) is 0. The van der Waals surface area contributed by atoms with Crippen LogP contribution in [-0.4, -0.2) is 12.4 Å². The van der Waals surface area contributed by atoms with Gasteiger partial charge in [-0.15, -0.1) is 0 Å². The Morgan fingerprint density at radius 1 is 1.05 bits per heavy atom. The molecule has 5 heteroatoms. The number of halogens is 3. The van der Waals surface area contributed by atoms with Gasteiger partial charge in [-0.3, -0.25) is 4.79 Å². The maximum atomic E-state index is 12.8. The highest BCUT2D eigenvalue weighted by atomic mass is 19.4. The largest absolute Gasteiger partial charge is 0.485 e. The normalized spacial score (nSPS) is 11.2. The van der Waals surface area contributed by atoms with Crippen LogP contribution in [0.4, 0.5) is 13.2 Å². The van der Waals surface area contributed by atoms with Crippen molar-refractivity contribution in [3.63, 3.8) is 0 Å². The van der Waals surface area contributed by atoms with Crippen molar-refractivity contribution in [1.82, 2.24) is 0 Å². The predicted molar refractivity (Wildman–Crippen MR) is 72.4 cm³/mol. The molecule has 0 atom stereocenters. The van der Waals surface area contributed by atoms with E-state index in [0.29, 0.717) is 5.56 Å². The molecule has 2 aromatic carbocycles. The Morgan fingerprint density at radius 3 is 2.33 bits per heavy atom. The quantitative estimate of drug-likeness (QED) is 0.787. The van der Waals surface area contributed by atoms with Gasteiger partial charge < -0.3 is 4.74 Å². The first-order valence-corrected chi connectivity index (χ1v) is 6.27. The molecule has 0 unspecified atom stereocenters. The lowest BCUT2D eigenvalue weighted by molar-refractivity contribution is -0.138. The van der Waals surface area contributed by atoms with Gasteiger partial charge in [0.1, 0.15) is 5.75 Å². The second kappa shape index (κ2) is 5.99. The van der Waals surface area contributed by atoms with E-state index in [1.807, 2.05) is 0 Å². The molecule has 0 aromatic heterocycles. The predicted octanol–water partition coefficient (Wildman–Crippen LogP) is 4.28. The van der Waals surface area contributed by atoms with Gasteiger partial charge in [0.2, 0.25) is 0 Å². The molecule has 0 spiro atoms. The molecule has 0 N–H and O–H groups in total. The Morgan fingerprint density at radius 2 is 1.67 bits per heavy atom. The molecule has 2 rings (SSSR count). The average molecular weight is 294 g/mol. The van der Waals surface area contributed by atoms with Gasteiger partial charge in [0.25, 0.3) is 0 Å². The van der Waals surface area contributed by atoms with Gasteiger partial charge in [0.05, 0.1) is 5.56 Å². The van der Waals surface area contributed by atoms with Gasteiger partial charge in [0.15, 0.2) is 12.4 Å². The van der Waals surface area contributed by atoms with Crippen LogP contribution in [0.25, 0.3) is 0 Å². The van der Waals surface area contributed by atoms with E-state index in [-0.39, 0.29) is 11.5 Å². The summed E-state index contributed by atoms with van der Waals surface area (Å²) in [5, 5.41) is 0. The number of hydrogen-bond acceptors (Lipinski definition) is 2. The van der Waals surface area contributed by atoms with E-state index in [4.69, 9.17) is 4.74 Å². The zero-order chi connectivity index (χ0) is 15.5. The smallest absolute Gasteiger partial charge is 0.419 e. The van der Waals surface area contributed by atoms with Gasteiger partial charge in [-0.1, -0.05) is 36.4 Å². The number of rotatable bonds is 4. The average Bonchev–Trinajstić information content (AvgIpc) is 2.44. The topological polar surface area (TPSA) is 26.3 Å². The molecule has 0 bridgehead atoms. The van der Waals surface area contributed by atoms with Crippen molar-refractivity contribution in [1.29, 1.82) is 0 Å². The summed E-state index contributed by atoms with van der Waals surface area (Å²) in [5.41, 5.74) is 0.319. The third kappa shape index (κ3) is 3.62. The molecule has 0 aliphatic carbocycles. The van der Waals surface area contributed by atoms with Crippen LogP contribution in [-0.2, 0) is 6.18 Å². The summed E-state index contributed by atoms with van der Waals surface area (Å²) < 4.78 is 43.5. The summed E-state index contributed by atoms with van der Waals surface area (Å²) in [5.74, 6) is -0.697. The van der Waals surface area contributed by atoms with E-state index in [0.717, 1.165) is 11.6 Å². The zero-order valence-electron chi connectivity index (χ0n) is 11.3. The van der Waals surface area contributed by atoms with Crippen molar-refractivity contribution in [3.8, 4) is 5.75 Å². The Bertz CT molecular complexity index is 648. The first kappa shape index (κ1) is 15.1. The molecule has 2 nitrogen and oxygen atoms in total. The van der Waals surface area contributed by atoms with E-state index >= 15 is 0 Å². The number of hydrogen-bond donors (Lipinski definition) is 0. The number of para-hydroxylation sites is 1. The number of alkyl halides is 3. The van der Waals surface area contributed by atoms with Crippen molar-refractivity contribution < 1.29 is 22.7 Å². The number of aryl methyl sites for hydroxylation is 1. The first-order chi connectivity index (χ1) is 9.89. The van der Waals surface area contributed by atoms with Crippen molar-refractivity contribution in [2.45, 2.75) is 13.1 Å². The minimum absolute atomic E-state index is 0.341. The van der Waals surface area contributed by atoms with Crippen molar-refractivity contribution >= 4 is 5.78 Å². The summed E-state index contributed by atoms with van der Waals surface area (Å²) in [6.07, 6.45) is -4.51. The molecule has 0 saturated carbocycles. The molecular weight excluding hydrogens is 281 g/mol. The maximum absolute atomic E-state index is 12.8. The van der Waals surface area contributed by atoms with Gasteiger partial charge in [-0.05, 0) is 24.6 Å². The van der Waals surface area contributed by atoms with E-state index in [1.165, 1.54) is 18.2 Å². The zero-order valence-corrected chi connectivity index (χ0v) is 11.3. The first-order valence-electron chi connectivity index (χ1n) is 6.27. The highest BCUT2D eigenvalue weighted by Crippen LogP contribution is 2.35. The van der Waals surface area contributed by atoms with Gasteiger partial charge in [-0.25, -0.2) is 0 Å². The monoisotopic (exact) mass is 294 g/mol. The van der Waals surface area contributed by atoms with E-state index in [1.54, 1.807) is 31.2 Å². The minimum atomic E-state index is -4.51. The van der Waals surface area contributed by atoms with Crippen LogP contribution in [0.3, 0.4) is 0 Å². The summed E-state index contributed by atoms with van der Waals surface area (Å²) in [4.78, 5) is 12.0. The van der Waals surface area contributed by atoms with Gasteiger partial charge >= 0.3 is 6.18 Å². The number of Topliss-reactive ketones (excluding diaryl/α,β-unsaturated/α-hetero) is 1. The Balaban J connectivity index is 2.14. The Labute approximate surface area is 120 Å². The number of carbonyl (C=O) groups is 1. The van der Waals surface area contributed by atoms with Crippen LogP contribution in [0.2, 0.25) is 0 Å². The van der Waals surface area contributed by atoms with E-state index < -0.39 is 18.3 Å². The fourth-order valence-corrected chi connectivity index (χ4v) is 1.93. The van der Waals surface area contributed by atoms with Crippen LogP contribution < -0.4 is 4.74 Å². The van der Waals surface area contributed by atoms with E-state index in [9.17, 15) is 18.0 Å². The van der Waals surface area contributed by atoms with Gasteiger partial charge in [-0.2, -0.15) is 13.2 Å². The maximum Gasteiger partial charge on any atom is 0.419 e. The molecular formula is C16H13F3O2. The van der Waals surface area contributed by atoms with Crippen LogP contribution >= 0.6 is 0 Å².